The van der Waals surface area contributed by atoms with Gasteiger partial charge in [0.2, 0.25) is 0 Å². The van der Waals surface area contributed by atoms with Crippen molar-refractivity contribution in [2.24, 2.45) is 0 Å². The third-order valence-electron chi connectivity index (χ3n) is 9.00. The van der Waals surface area contributed by atoms with Crippen LogP contribution in [-0.2, 0) is 6.18 Å². The van der Waals surface area contributed by atoms with Gasteiger partial charge in [0.1, 0.15) is 35.6 Å². The summed E-state index contributed by atoms with van der Waals surface area (Å²) in [4.78, 5) is 17.1. The second-order valence-electron chi connectivity index (χ2n) is 11.8. The topological polar surface area (TPSA) is 86.6 Å². The van der Waals surface area contributed by atoms with Crippen LogP contribution in [0.1, 0.15) is 37.7 Å². The summed E-state index contributed by atoms with van der Waals surface area (Å²) in [6, 6.07) is 1.80. The molecule has 14 heteroatoms. The molecule has 2 aromatic heterocycles. The number of benzene rings is 1. The number of fused-ring (bicyclic) bond motifs is 4. The van der Waals surface area contributed by atoms with E-state index >= 15 is 4.39 Å². The van der Waals surface area contributed by atoms with E-state index in [-0.39, 0.29) is 35.6 Å². The molecule has 4 saturated heterocycles. The van der Waals surface area contributed by atoms with Crippen LogP contribution in [0.15, 0.2) is 18.3 Å². The lowest BCUT2D eigenvalue weighted by Gasteiger charge is -2.34. The van der Waals surface area contributed by atoms with Crippen LogP contribution in [0.4, 0.5) is 27.8 Å². The number of piperazine rings is 1. The quantitative estimate of drug-likeness (QED) is 0.386. The van der Waals surface area contributed by atoms with Crippen molar-refractivity contribution in [3.63, 3.8) is 0 Å². The summed E-state index contributed by atoms with van der Waals surface area (Å²) in [5.41, 5.74) is -3.47. The molecule has 0 saturated carbocycles. The number of ether oxygens (including phenoxy) is 1. The summed E-state index contributed by atoms with van der Waals surface area (Å²) >= 11 is 5.86. The van der Waals surface area contributed by atoms with Crippen LogP contribution < -0.4 is 15.0 Å². The summed E-state index contributed by atoms with van der Waals surface area (Å²) in [6.07, 6.45) is -0.752. The minimum absolute atomic E-state index is 0.102. The molecule has 0 radical (unpaired) electrons. The van der Waals surface area contributed by atoms with Gasteiger partial charge >= 0.3 is 12.2 Å². The van der Waals surface area contributed by atoms with Gasteiger partial charge in [0.15, 0.2) is 5.82 Å². The Morgan fingerprint density at radius 3 is 2.64 bits per heavy atom. The Morgan fingerprint density at radius 1 is 1.14 bits per heavy atom. The SMILES string of the molecule is Oc1cc(Cl)c(C(F)(F)F)c(-c2ncc3c(N4C[C@H]5CC[C@@H](C4)N5)nc(OC[C@@]45CCCN4C[C@H](F)C5)nc3c2F)c1. The fraction of sp³-hybridized carbons (Fsp3) is 0.536. The van der Waals surface area contributed by atoms with Crippen molar-refractivity contribution in [2.75, 3.05) is 37.7 Å². The van der Waals surface area contributed by atoms with E-state index in [1.54, 1.807) is 0 Å². The third kappa shape index (κ3) is 4.69. The molecule has 0 spiro atoms. The van der Waals surface area contributed by atoms with E-state index in [1.165, 1.54) is 6.20 Å². The number of nitrogens with zero attached hydrogens (tertiary/aromatic N) is 5. The zero-order valence-corrected chi connectivity index (χ0v) is 23.2. The maximum absolute atomic E-state index is 16.3. The third-order valence-corrected chi connectivity index (χ3v) is 9.30. The first-order chi connectivity index (χ1) is 20.0. The fourth-order valence-corrected chi connectivity index (χ4v) is 7.52. The Bertz CT molecular complexity index is 1550. The number of anilines is 1. The number of phenolic OH excluding ortho intramolecular Hbond substituents is 1. The van der Waals surface area contributed by atoms with E-state index in [4.69, 9.17) is 16.3 Å². The summed E-state index contributed by atoms with van der Waals surface area (Å²) in [5, 5.41) is 13.0. The number of aromatic nitrogens is 3. The van der Waals surface area contributed by atoms with Gasteiger partial charge in [-0.15, -0.1) is 0 Å². The van der Waals surface area contributed by atoms with Crippen LogP contribution >= 0.6 is 11.6 Å². The molecule has 7 rings (SSSR count). The molecule has 0 amide bonds. The molecular formula is C28H28ClF5N6O2. The van der Waals surface area contributed by atoms with Gasteiger partial charge in [-0.2, -0.15) is 23.1 Å². The van der Waals surface area contributed by atoms with Gasteiger partial charge in [0.25, 0.3) is 0 Å². The molecular weight excluding hydrogens is 583 g/mol. The second-order valence-corrected chi connectivity index (χ2v) is 12.2. The number of aromatic hydroxyl groups is 1. The first kappa shape index (κ1) is 27.8. The maximum Gasteiger partial charge on any atom is 0.418 e. The van der Waals surface area contributed by atoms with Gasteiger partial charge < -0.3 is 20.1 Å². The Hall–Kier alpha value is -3.03. The van der Waals surface area contributed by atoms with Crippen LogP contribution in [0.25, 0.3) is 22.2 Å². The molecule has 4 aliphatic rings. The molecule has 42 heavy (non-hydrogen) atoms. The van der Waals surface area contributed by atoms with Crippen LogP contribution in [0.5, 0.6) is 11.8 Å². The van der Waals surface area contributed by atoms with Crippen molar-refractivity contribution in [3.8, 4) is 23.0 Å². The molecule has 8 nitrogen and oxygen atoms in total. The standard InChI is InChI=1S/C28H28ClF5N6O2/c29-20-7-17(41)6-18(21(20)28(32,33)34)23-22(31)24-19(9-35-23)25(39-11-15-2-3-16(12-39)36-15)38-26(37-24)42-13-27-4-1-5-40(27)10-14(30)8-27/h6-7,9,14-16,36,41H,1-5,8,10-13H2/t14-,15-,16+,27+/m1/s1. The van der Waals surface area contributed by atoms with Crippen molar-refractivity contribution in [3.05, 3.63) is 34.7 Å². The predicted octanol–water partition coefficient (Wildman–Crippen LogP) is 5.10. The van der Waals surface area contributed by atoms with Crippen molar-refractivity contribution >= 4 is 28.3 Å². The van der Waals surface area contributed by atoms with E-state index in [9.17, 15) is 22.7 Å². The maximum atomic E-state index is 16.3. The lowest BCUT2D eigenvalue weighted by Crippen LogP contribution is -2.51. The van der Waals surface area contributed by atoms with Gasteiger partial charge in [-0.05, 0) is 44.4 Å². The van der Waals surface area contributed by atoms with Gasteiger partial charge in [0, 0.05) is 49.9 Å². The molecule has 4 fully saturated rings. The molecule has 2 N–H and O–H groups in total. The van der Waals surface area contributed by atoms with Crippen molar-refractivity contribution in [1.82, 2.24) is 25.2 Å². The number of halogens is 6. The number of hydrogen-bond acceptors (Lipinski definition) is 8. The van der Waals surface area contributed by atoms with Crippen molar-refractivity contribution in [2.45, 2.75) is 62.1 Å². The molecule has 224 valence electrons. The molecule has 3 aromatic rings. The van der Waals surface area contributed by atoms with Gasteiger partial charge in [0.05, 0.1) is 21.5 Å². The molecule has 4 atom stereocenters. The van der Waals surface area contributed by atoms with E-state index in [1.807, 2.05) is 4.90 Å². The van der Waals surface area contributed by atoms with Gasteiger partial charge in [-0.3, -0.25) is 9.88 Å². The highest BCUT2D eigenvalue weighted by Gasteiger charge is 2.49. The van der Waals surface area contributed by atoms with Gasteiger partial charge in [-0.1, -0.05) is 11.6 Å². The predicted molar refractivity (Wildman–Crippen MR) is 145 cm³/mol. The largest absolute Gasteiger partial charge is 0.508 e. The molecule has 2 bridgehead atoms. The van der Waals surface area contributed by atoms with Crippen LogP contribution in [0, 0.1) is 5.82 Å². The highest BCUT2D eigenvalue weighted by Crippen LogP contribution is 2.45. The number of alkyl halides is 4. The van der Waals surface area contributed by atoms with Crippen LogP contribution in [0.3, 0.4) is 0 Å². The van der Waals surface area contributed by atoms with E-state index in [0.717, 1.165) is 44.4 Å². The lowest BCUT2D eigenvalue weighted by molar-refractivity contribution is -0.137. The van der Waals surface area contributed by atoms with Crippen molar-refractivity contribution in [1.29, 1.82) is 0 Å². The summed E-state index contributed by atoms with van der Waals surface area (Å²) < 4.78 is 78.7. The van der Waals surface area contributed by atoms with E-state index < -0.39 is 51.3 Å². The Balaban J connectivity index is 1.35. The highest BCUT2D eigenvalue weighted by atomic mass is 35.5. The number of nitrogens with one attached hydrogen (secondary N) is 1. The molecule has 0 aliphatic carbocycles. The average molecular weight is 611 g/mol. The highest BCUT2D eigenvalue weighted by molar-refractivity contribution is 6.32. The summed E-state index contributed by atoms with van der Waals surface area (Å²) in [7, 11) is 0. The Kier molecular flexibility index (Phi) is 6.63. The Morgan fingerprint density at radius 2 is 1.90 bits per heavy atom. The van der Waals surface area contributed by atoms with Crippen LogP contribution in [-0.4, -0.2) is 81.5 Å². The summed E-state index contributed by atoms with van der Waals surface area (Å²) in [5.74, 6) is -1.33. The lowest BCUT2D eigenvalue weighted by atomic mass is 9.95. The Labute approximate surface area is 242 Å². The van der Waals surface area contributed by atoms with Crippen molar-refractivity contribution < 1.29 is 31.8 Å². The zero-order chi connectivity index (χ0) is 29.4. The zero-order valence-electron chi connectivity index (χ0n) is 22.4. The number of pyridine rings is 1. The van der Waals surface area contributed by atoms with Crippen LogP contribution in [0.2, 0.25) is 5.02 Å². The average Bonchev–Trinajstić information content (AvgIpc) is 3.56. The first-order valence-electron chi connectivity index (χ1n) is 14.0. The minimum Gasteiger partial charge on any atom is -0.508 e. The summed E-state index contributed by atoms with van der Waals surface area (Å²) in [6.45, 7) is 2.37. The number of rotatable bonds is 5. The monoisotopic (exact) mass is 610 g/mol. The molecule has 6 heterocycles. The normalized spacial score (nSPS) is 27.7. The second kappa shape index (κ2) is 10.0. The first-order valence-corrected chi connectivity index (χ1v) is 14.4. The smallest absolute Gasteiger partial charge is 0.418 e. The fourth-order valence-electron chi connectivity index (χ4n) is 7.20. The van der Waals surface area contributed by atoms with E-state index in [0.29, 0.717) is 31.9 Å². The molecule has 1 aromatic carbocycles. The minimum atomic E-state index is -4.95. The number of hydrogen-bond donors (Lipinski definition) is 2. The number of phenols is 1. The molecule has 0 unspecified atom stereocenters. The van der Waals surface area contributed by atoms with E-state index in [2.05, 4.69) is 25.2 Å². The molecule has 4 aliphatic heterocycles. The van der Waals surface area contributed by atoms with Gasteiger partial charge in [-0.25, -0.2) is 8.78 Å².